The number of nitrogens with one attached hydrogen (secondary N) is 1. The van der Waals surface area contributed by atoms with Crippen molar-refractivity contribution >= 4 is 17.7 Å². The number of nitrogens with zero attached hydrogens (tertiary/aromatic N) is 4. The van der Waals surface area contributed by atoms with Gasteiger partial charge in [-0.15, -0.1) is 5.10 Å². The maximum Gasteiger partial charge on any atom is 0.230 e. The van der Waals surface area contributed by atoms with E-state index in [1.54, 1.807) is 0 Å². The molecule has 24 heavy (non-hydrogen) atoms. The van der Waals surface area contributed by atoms with Gasteiger partial charge in [-0.2, -0.15) is 0 Å². The molecule has 0 aliphatic heterocycles. The van der Waals surface area contributed by atoms with Crippen LogP contribution < -0.4 is 10.1 Å². The molecule has 0 bridgehead atoms. The van der Waals surface area contributed by atoms with Crippen molar-refractivity contribution < 1.29 is 9.53 Å². The minimum absolute atomic E-state index is 0.0133. The fourth-order valence-corrected chi connectivity index (χ4v) is 2.91. The fraction of sp³-hybridized carbons (Fsp3) is 0.500. The molecule has 0 atom stereocenters. The van der Waals surface area contributed by atoms with Crippen LogP contribution in [0.3, 0.4) is 0 Å². The molecule has 0 saturated heterocycles. The number of ether oxygens (including phenoxy) is 1. The van der Waals surface area contributed by atoms with Gasteiger partial charge in [0.1, 0.15) is 5.75 Å². The number of hydrogen-bond acceptors (Lipinski definition) is 6. The minimum atomic E-state index is -0.0133. The van der Waals surface area contributed by atoms with Crippen molar-refractivity contribution in [2.24, 2.45) is 0 Å². The number of carbonyl (C=O) groups is 1. The molecular weight excluding hydrogens is 326 g/mol. The third-order valence-electron chi connectivity index (χ3n) is 3.62. The van der Waals surface area contributed by atoms with Gasteiger partial charge < -0.3 is 10.1 Å². The topological polar surface area (TPSA) is 81.9 Å². The van der Waals surface area contributed by atoms with Gasteiger partial charge in [0.2, 0.25) is 11.1 Å². The summed E-state index contributed by atoms with van der Waals surface area (Å²) in [6.45, 7) is 3.22. The average Bonchev–Trinajstić information content (AvgIpc) is 3.32. The van der Waals surface area contributed by atoms with Crippen LogP contribution in [0.4, 0.5) is 0 Å². The van der Waals surface area contributed by atoms with Crippen molar-refractivity contribution in [2.45, 2.75) is 37.4 Å². The van der Waals surface area contributed by atoms with Crippen molar-refractivity contribution in [3.05, 3.63) is 29.8 Å². The van der Waals surface area contributed by atoms with Gasteiger partial charge in [0.15, 0.2) is 0 Å². The van der Waals surface area contributed by atoms with Crippen LogP contribution in [0.5, 0.6) is 5.75 Å². The van der Waals surface area contributed by atoms with E-state index in [-0.39, 0.29) is 5.91 Å². The van der Waals surface area contributed by atoms with Crippen LogP contribution in [0, 0.1) is 6.92 Å². The lowest BCUT2D eigenvalue weighted by atomic mass is 10.2. The van der Waals surface area contributed by atoms with Gasteiger partial charge in [-0.25, -0.2) is 4.68 Å². The number of aromatic nitrogens is 4. The number of thioether (sulfide) groups is 1. The molecule has 0 radical (unpaired) electrons. The molecule has 1 aromatic heterocycles. The van der Waals surface area contributed by atoms with Crippen LogP contribution >= 0.6 is 11.8 Å². The third-order valence-corrected chi connectivity index (χ3v) is 4.55. The largest absolute Gasteiger partial charge is 0.494 e. The Hall–Kier alpha value is -2.09. The van der Waals surface area contributed by atoms with Gasteiger partial charge in [0.05, 0.1) is 18.4 Å². The van der Waals surface area contributed by atoms with Gasteiger partial charge >= 0.3 is 0 Å². The van der Waals surface area contributed by atoms with Gasteiger partial charge in [0.25, 0.3) is 0 Å². The lowest BCUT2D eigenvalue weighted by Gasteiger charge is -2.07. The molecule has 0 unspecified atom stereocenters. The van der Waals surface area contributed by atoms with Crippen LogP contribution in [0.1, 0.15) is 30.9 Å². The molecule has 1 amide bonds. The van der Waals surface area contributed by atoms with Crippen LogP contribution in [-0.2, 0) is 4.79 Å². The number of aryl methyl sites for hydroxylation is 1. The molecule has 1 heterocycles. The van der Waals surface area contributed by atoms with Crippen molar-refractivity contribution in [2.75, 3.05) is 18.9 Å². The molecule has 0 spiro atoms. The molecule has 3 rings (SSSR count). The maximum absolute atomic E-state index is 11.9. The molecule has 1 fully saturated rings. The second-order valence-corrected chi connectivity index (χ2v) is 6.73. The molecular formula is C16H21N5O2S. The van der Waals surface area contributed by atoms with Crippen LogP contribution in [0.15, 0.2) is 29.4 Å². The molecule has 1 N–H and O–H groups in total. The highest BCUT2D eigenvalue weighted by atomic mass is 32.2. The van der Waals surface area contributed by atoms with E-state index in [0.29, 0.717) is 24.9 Å². The summed E-state index contributed by atoms with van der Waals surface area (Å²) in [5, 5.41) is 15.2. The summed E-state index contributed by atoms with van der Waals surface area (Å²) in [5.41, 5.74) is 1.21. The number of amides is 1. The number of benzene rings is 1. The first-order chi connectivity index (χ1) is 11.7. The number of rotatable bonds is 9. The third kappa shape index (κ3) is 4.95. The summed E-state index contributed by atoms with van der Waals surface area (Å²) in [6, 6.07) is 8.36. The van der Waals surface area contributed by atoms with Gasteiger partial charge in [-0.3, -0.25) is 4.79 Å². The highest BCUT2D eigenvalue weighted by molar-refractivity contribution is 7.99. The molecule has 1 aliphatic rings. The highest BCUT2D eigenvalue weighted by Crippen LogP contribution is 2.36. The van der Waals surface area contributed by atoms with E-state index >= 15 is 0 Å². The van der Waals surface area contributed by atoms with Gasteiger partial charge in [-0.1, -0.05) is 29.5 Å². The normalized spacial score (nSPS) is 13.7. The zero-order chi connectivity index (χ0) is 16.8. The van der Waals surface area contributed by atoms with Gasteiger partial charge in [0, 0.05) is 6.54 Å². The number of tetrazole rings is 1. The van der Waals surface area contributed by atoms with E-state index < -0.39 is 0 Å². The summed E-state index contributed by atoms with van der Waals surface area (Å²) in [4.78, 5) is 11.9. The Bertz CT molecular complexity index is 669. The summed E-state index contributed by atoms with van der Waals surface area (Å²) in [5.74, 6) is 1.17. The van der Waals surface area contributed by atoms with Crippen molar-refractivity contribution in [3.63, 3.8) is 0 Å². The highest BCUT2D eigenvalue weighted by Gasteiger charge is 2.28. The molecule has 7 nitrogen and oxygen atoms in total. The molecule has 8 heteroatoms. The Morgan fingerprint density at radius 3 is 2.92 bits per heavy atom. The van der Waals surface area contributed by atoms with Crippen LogP contribution in [-0.4, -0.2) is 45.0 Å². The Balaban J connectivity index is 1.28. The monoisotopic (exact) mass is 347 g/mol. The Morgan fingerprint density at radius 1 is 1.38 bits per heavy atom. The van der Waals surface area contributed by atoms with E-state index in [9.17, 15) is 4.79 Å². The summed E-state index contributed by atoms with van der Waals surface area (Å²) >= 11 is 1.38. The Morgan fingerprint density at radius 2 is 2.17 bits per heavy atom. The smallest absolute Gasteiger partial charge is 0.230 e. The lowest BCUT2D eigenvalue weighted by Crippen LogP contribution is -2.27. The van der Waals surface area contributed by atoms with Gasteiger partial charge in [-0.05, 0) is 48.7 Å². The second-order valence-electron chi connectivity index (χ2n) is 5.79. The van der Waals surface area contributed by atoms with Crippen molar-refractivity contribution in [1.29, 1.82) is 0 Å². The van der Waals surface area contributed by atoms with Crippen molar-refractivity contribution in [1.82, 2.24) is 25.5 Å². The average molecular weight is 347 g/mol. The molecule has 128 valence electrons. The quantitative estimate of drug-likeness (QED) is 0.552. The Kier molecular flexibility index (Phi) is 5.68. The zero-order valence-corrected chi connectivity index (χ0v) is 14.5. The summed E-state index contributed by atoms with van der Waals surface area (Å²) < 4.78 is 7.44. The summed E-state index contributed by atoms with van der Waals surface area (Å²) in [6.07, 6.45) is 3.00. The minimum Gasteiger partial charge on any atom is -0.494 e. The zero-order valence-electron chi connectivity index (χ0n) is 13.6. The lowest BCUT2D eigenvalue weighted by molar-refractivity contribution is -0.118. The van der Waals surface area contributed by atoms with E-state index in [1.807, 2.05) is 35.9 Å². The van der Waals surface area contributed by atoms with E-state index in [2.05, 4.69) is 20.8 Å². The molecule has 1 saturated carbocycles. The fourth-order valence-electron chi connectivity index (χ4n) is 2.13. The first kappa shape index (κ1) is 16.8. The maximum atomic E-state index is 11.9. The van der Waals surface area contributed by atoms with E-state index in [4.69, 9.17) is 4.74 Å². The predicted octanol–water partition coefficient (Wildman–Crippen LogP) is 1.99. The predicted molar refractivity (Wildman–Crippen MR) is 91.1 cm³/mol. The Labute approximate surface area is 145 Å². The SMILES string of the molecule is Cc1ccc(OCCCNC(=O)CSc2nnnn2C2CC2)cc1. The first-order valence-corrected chi connectivity index (χ1v) is 9.08. The second kappa shape index (κ2) is 8.14. The number of hydrogen-bond donors (Lipinski definition) is 1. The van der Waals surface area contributed by atoms with Crippen LogP contribution in [0.25, 0.3) is 0 Å². The van der Waals surface area contributed by atoms with E-state index in [0.717, 1.165) is 30.2 Å². The molecule has 2 aromatic rings. The van der Waals surface area contributed by atoms with Crippen molar-refractivity contribution in [3.8, 4) is 5.75 Å². The standard InChI is InChI=1S/C16H21N5O2S/c1-12-3-7-14(8-4-12)23-10-2-9-17-15(22)11-24-16-18-19-20-21(16)13-5-6-13/h3-4,7-8,13H,2,5-6,9-11H2,1H3,(H,17,22). The molecule has 1 aliphatic carbocycles. The molecule has 1 aromatic carbocycles. The van der Waals surface area contributed by atoms with E-state index in [1.165, 1.54) is 17.3 Å². The van der Waals surface area contributed by atoms with Crippen LogP contribution in [0.2, 0.25) is 0 Å². The number of carbonyl (C=O) groups excluding carboxylic acids is 1. The first-order valence-electron chi connectivity index (χ1n) is 8.09. The summed E-state index contributed by atoms with van der Waals surface area (Å²) in [7, 11) is 0.